The Balaban J connectivity index is 1.39. The number of amides is 1. The van der Waals surface area contributed by atoms with Crippen LogP contribution < -0.4 is 10.2 Å². The molecule has 0 saturated carbocycles. The van der Waals surface area contributed by atoms with Crippen LogP contribution in [0, 0.1) is 0 Å². The molecule has 0 unspecified atom stereocenters. The molecule has 1 aliphatic heterocycles. The fourth-order valence-electron chi connectivity index (χ4n) is 4.25. The summed E-state index contributed by atoms with van der Waals surface area (Å²) in [4.78, 5) is 19.8. The van der Waals surface area contributed by atoms with E-state index in [0.717, 1.165) is 79.1 Å². The monoisotopic (exact) mass is 481 g/mol. The van der Waals surface area contributed by atoms with Crippen LogP contribution in [-0.2, 0) is 17.6 Å². The Morgan fingerprint density at radius 2 is 1.90 bits per heavy atom. The van der Waals surface area contributed by atoms with Gasteiger partial charge in [0.05, 0.1) is 30.8 Å². The predicted molar refractivity (Wildman–Crippen MR) is 123 cm³/mol. The van der Waals surface area contributed by atoms with Crippen LogP contribution in [0.15, 0.2) is 47.1 Å². The average molecular weight is 482 g/mol. The highest BCUT2D eigenvalue weighted by Gasteiger charge is 2.26. The molecule has 0 atom stereocenters. The van der Waals surface area contributed by atoms with Gasteiger partial charge in [-0.15, -0.1) is 0 Å². The number of anilines is 2. The minimum absolute atomic E-state index is 0.210. The molecule has 2 aromatic heterocycles. The van der Waals surface area contributed by atoms with Crippen molar-refractivity contribution in [2.24, 2.45) is 0 Å². The van der Waals surface area contributed by atoms with Gasteiger partial charge in [-0.1, -0.05) is 22.0 Å². The number of ether oxygens (including phenoxy) is 1. The fourth-order valence-corrected chi connectivity index (χ4v) is 4.63. The summed E-state index contributed by atoms with van der Waals surface area (Å²) in [5, 5.41) is 7.66. The lowest BCUT2D eigenvalue weighted by molar-refractivity contribution is 0.102. The fraction of sp³-hybridized carbons (Fsp3) is 0.348. The molecule has 3 heterocycles. The van der Waals surface area contributed by atoms with Crippen LogP contribution in [0.1, 0.15) is 34.6 Å². The molecule has 160 valence electrons. The first-order chi connectivity index (χ1) is 15.2. The van der Waals surface area contributed by atoms with Crippen LogP contribution in [0.2, 0.25) is 0 Å². The van der Waals surface area contributed by atoms with Gasteiger partial charge in [0.15, 0.2) is 5.69 Å². The second-order valence-electron chi connectivity index (χ2n) is 7.83. The van der Waals surface area contributed by atoms with Crippen LogP contribution in [0.4, 0.5) is 11.5 Å². The molecule has 1 aliphatic carbocycles. The predicted octanol–water partition coefficient (Wildman–Crippen LogP) is 4.00. The van der Waals surface area contributed by atoms with E-state index in [4.69, 9.17) is 9.84 Å². The standard InChI is InChI=1S/C23H24BrN5O2/c24-16-4-3-5-17(14-16)29-20-7-2-1-6-19(20)22(27-29)23(30)26-21-9-8-18(15-25-21)28-10-12-31-13-11-28/h3-5,8-9,14-15H,1-2,6-7,10-13H2,(H,25,26,30). The van der Waals surface area contributed by atoms with E-state index >= 15 is 0 Å². The van der Waals surface area contributed by atoms with Gasteiger partial charge in [-0.3, -0.25) is 4.79 Å². The number of hydrogen-bond donors (Lipinski definition) is 1. The van der Waals surface area contributed by atoms with Crippen molar-refractivity contribution < 1.29 is 9.53 Å². The zero-order chi connectivity index (χ0) is 21.2. The first kappa shape index (κ1) is 20.2. The molecule has 0 spiro atoms. The van der Waals surface area contributed by atoms with Gasteiger partial charge in [0.2, 0.25) is 0 Å². The van der Waals surface area contributed by atoms with Gasteiger partial charge in [0.1, 0.15) is 5.82 Å². The van der Waals surface area contributed by atoms with Crippen LogP contribution in [0.3, 0.4) is 0 Å². The maximum absolute atomic E-state index is 13.1. The third-order valence-electron chi connectivity index (χ3n) is 5.81. The van der Waals surface area contributed by atoms with Gasteiger partial charge in [-0.2, -0.15) is 5.10 Å². The zero-order valence-electron chi connectivity index (χ0n) is 17.2. The van der Waals surface area contributed by atoms with Crippen molar-refractivity contribution in [3.05, 3.63) is 64.0 Å². The Morgan fingerprint density at radius 1 is 1.06 bits per heavy atom. The highest BCUT2D eigenvalue weighted by Crippen LogP contribution is 2.28. The van der Waals surface area contributed by atoms with E-state index in [2.05, 4.69) is 31.1 Å². The molecule has 1 aromatic carbocycles. The first-order valence-corrected chi connectivity index (χ1v) is 11.4. The lowest BCUT2D eigenvalue weighted by atomic mass is 9.95. The van der Waals surface area contributed by atoms with E-state index in [1.807, 2.05) is 41.1 Å². The number of nitrogens with one attached hydrogen (secondary N) is 1. The van der Waals surface area contributed by atoms with Crippen molar-refractivity contribution >= 4 is 33.3 Å². The van der Waals surface area contributed by atoms with Crippen molar-refractivity contribution in [1.82, 2.24) is 14.8 Å². The minimum atomic E-state index is -0.210. The number of fused-ring (bicyclic) bond motifs is 1. The van der Waals surface area contributed by atoms with Crippen molar-refractivity contribution in [2.75, 3.05) is 36.5 Å². The number of nitrogens with zero attached hydrogens (tertiary/aromatic N) is 4. The molecule has 31 heavy (non-hydrogen) atoms. The summed E-state index contributed by atoms with van der Waals surface area (Å²) < 4.78 is 8.31. The summed E-state index contributed by atoms with van der Waals surface area (Å²) in [6.07, 6.45) is 5.78. The summed E-state index contributed by atoms with van der Waals surface area (Å²) in [7, 11) is 0. The molecular formula is C23H24BrN5O2. The average Bonchev–Trinajstić information content (AvgIpc) is 3.20. The SMILES string of the molecule is O=C(Nc1ccc(N2CCOCC2)cn1)c1nn(-c2cccc(Br)c2)c2c1CCCC2. The van der Waals surface area contributed by atoms with Gasteiger partial charge >= 0.3 is 0 Å². The normalized spacial score (nSPS) is 16.1. The van der Waals surface area contributed by atoms with Crippen LogP contribution >= 0.6 is 15.9 Å². The first-order valence-electron chi connectivity index (χ1n) is 10.7. The maximum atomic E-state index is 13.1. The molecule has 3 aromatic rings. The van der Waals surface area contributed by atoms with E-state index in [9.17, 15) is 4.79 Å². The van der Waals surface area contributed by atoms with Crippen molar-refractivity contribution in [1.29, 1.82) is 0 Å². The summed E-state index contributed by atoms with van der Waals surface area (Å²) in [6, 6.07) is 11.8. The molecule has 1 amide bonds. The Labute approximate surface area is 189 Å². The highest BCUT2D eigenvalue weighted by molar-refractivity contribution is 9.10. The van der Waals surface area contributed by atoms with E-state index in [-0.39, 0.29) is 5.91 Å². The number of carbonyl (C=O) groups excluding carboxylic acids is 1. The summed E-state index contributed by atoms with van der Waals surface area (Å²) in [6.45, 7) is 3.16. The lowest BCUT2D eigenvalue weighted by Gasteiger charge is -2.28. The van der Waals surface area contributed by atoms with E-state index in [1.54, 1.807) is 6.20 Å². The number of morpholine rings is 1. The van der Waals surface area contributed by atoms with Crippen LogP contribution in [-0.4, -0.2) is 47.0 Å². The largest absolute Gasteiger partial charge is 0.378 e. The quantitative estimate of drug-likeness (QED) is 0.609. The van der Waals surface area contributed by atoms with Gasteiger partial charge in [0, 0.05) is 28.8 Å². The maximum Gasteiger partial charge on any atom is 0.277 e. The molecular weight excluding hydrogens is 458 g/mol. The number of aromatic nitrogens is 3. The Bertz CT molecular complexity index is 1090. The Kier molecular flexibility index (Phi) is 5.74. The topological polar surface area (TPSA) is 72.3 Å². The second-order valence-corrected chi connectivity index (χ2v) is 8.74. The molecule has 7 nitrogen and oxygen atoms in total. The van der Waals surface area contributed by atoms with E-state index < -0.39 is 0 Å². The number of pyridine rings is 1. The van der Waals surface area contributed by atoms with Crippen molar-refractivity contribution in [3.8, 4) is 5.69 Å². The zero-order valence-corrected chi connectivity index (χ0v) is 18.8. The molecule has 2 aliphatic rings. The summed E-state index contributed by atoms with van der Waals surface area (Å²) >= 11 is 3.53. The van der Waals surface area contributed by atoms with Gasteiger partial charge in [0.25, 0.3) is 5.91 Å². The molecule has 5 rings (SSSR count). The van der Waals surface area contributed by atoms with Gasteiger partial charge < -0.3 is 15.0 Å². The van der Waals surface area contributed by atoms with E-state index in [1.165, 1.54) is 0 Å². The number of hydrogen-bond acceptors (Lipinski definition) is 5. The second kappa shape index (κ2) is 8.80. The molecule has 0 radical (unpaired) electrons. The number of carbonyl (C=O) groups is 1. The molecule has 0 bridgehead atoms. The minimum Gasteiger partial charge on any atom is -0.378 e. The smallest absolute Gasteiger partial charge is 0.277 e. The molecule has 1 fully saturated rings. The molecule has 8 heteroatoms. The molecule has 1 saturated heterocycles. The summed E-state index contributed by atoms with van der Waals surface area (Å²) in [5.74, 6) is 0.321. The van der Waals surface area contributed by atoms with Crippen molar-refractivity contribution in [2.45, 2.75) is 25.7 Å². The Morgan fingerprint density at radius 3 is 2.68 bits per heavy atom. The number of halogens is 1. The number of rotatable bonds is 4. The van der Waals surface area contributed by atoms with Crippen molar-refractivity contribution in [3.63, 3.8) is 0 Å². The van der Waals surface area contributed by atoms with E-state index in [0.29, 0.717) is 11.5 Å². The molecule has 1 N–H and O–H groups in total. The van der Waals surface area contributed by atoms with Gasteiger partial charge in [-0.25, -0.2) is 9.67 Å². The summed E-state index contributed by atoms with van der Waals surface area (Å²) in [5.41, 5.74) is 4.67. The highest BCUT2D eigenvalue weighted by atomic mass is 79.9. The lowest BCUT2D eigenvalue weighted by Crippen LogP contribution is -2.36. The Hall–Kier alpha value is -2.71. The number of benzene rings is 1. The van der Waals surface area contributed by atoms with Gasteiger partial charge in [-0.05, 0) is 56.0 Å². The third kappa shape index (κ3) is 4.22. The third-order valence-corrected chi connectivity index (χ3v) is 6.31. The van der Waals surface area contributed by atoms with Crippen LogP contribution in [0.25, 0.3) is 5.69 Å². The van der Waals surface area contributed by atoms with Crippen LogP contribution in [0.5, 0.6) is 0 Å².